The number of fused-ring (bicyclic) bond motifs is 1. The number of primary amides is 1. The van der Waals surface area contributed by atoms with E-state index in [4.69, 9.17) is 10.5 Å². The molecule has 9 nitrogen and oxygen atoms in total. The van der Waals surface area contributed by atoms with E-state index in [0.717, 1.165) is 17.8 Å². The average Bonchev–Trinajstić information content (AvgIpc) is 3.28. The first-order valence-electron chi connectivity index (χ1n) is 9.94. The number of anilines is 1. The molecule has 0 aromatic carbocycles. The Kier molecular flexibility index (Phi) is 4.85. The van der Waals surface area contributed by atoms with Gasteiger partial charge in [0.15, 0.2) is 23.1 Å². The number of ketones is 1. The van der Waals surface area contributed by atoms with Gasteiger partial charge in [-0.05, 0) is 24.7 Å². The van der Waals surface area contributed by atoms with Crippen LogP contribution >= 0.6 is 0 Å². The number of aromatic nitrogens is 4. The van der Waals surface area contributed by atoms with Crippen LogP contribution in [0.25, 0.3) is 5.82 Å². The van der Waals surface area contributed by atoms with Crippen molar-refractivity contribution in [2.24, 2.45) is 11.1 Å². The second kappa shape index (κ2) is 7.22. The fraction of sp³-hybridized carbons (Fsp3) is 0.550. The Morgan fingerprint density at radius 2 is 2.21 bits per heavy atom. The molecule has 1 unspecified atom stereocenters. The lowest BCUT2D eigenvalue weighted by Crippen LogP contribution is -2.29. The molecule has 1 fully saturated rings. The molecule has 2 aromatic heterocycles. The molecule has 0 radical (unpaired) electrons. The largest absolute Gasteiger partial charge is 0.379 e. The van der Waals surface area contributed by atoms with Gasteiger partial charge in [0.1, 0.15) is 0 Å². The lowest BCUT2D eigenvalue weighted by atomic mass is 9.75. The van der Waals surface area contributed by atoms with Crippen molar-refractivity contribution in [3.63, 3.8) is 0 Å². The van der Waals surface area contributed by atoms with Gasteiger partial charge in [-0.25, -0.2) is 14.6 Å². The lowest BCUT2D eigenvalue weighted by molar-refractivity contribution is 0.0909. The summed E-state index contributed by atoms with van der Waals surface area (Å²) in [5.74, 6) is 0.230. The van der Waals surface area contributed by atoms with Gasteiger partial charge in [-0.2, -0.15) is 5.10 Å². The number of ether oxygens (including phenoxy) is 1. The number of Topliss-reactive ketones (excluding diaryl/α,β-unsaturated/α-hetero) is 1. The van der Waals surface area contributed by atoms with Crippen LogP contribution < -0.4 is 11.1 Å². The number of carbonyl (C=O) groups excluding carboxylic acids is 2. The normalized spacial score (nSPS) is 20.5. The van der Waals surface area contributed by atoms with Gasteiger partial charge in [0, 0.05) is 13.0 Å². The summed E-state index contributed by atoms with van der Waals surface area (Å²) in [7, 11) is 0. The van der Waals surface area contributed by atoms with Crippen molar-refractivity contribution in [2.45, 2.75) is 52.5 Å². The number of hydrogen-bond acceptors (Lipinski definition) is 7. The molecule has 1 aliphatic heterocycles. The van der Waals surface area contributed by atoms with Crippen molar-refractivity contribution in [1.82, 2.24) is 19.7 Å². The summed E-state index contributed by atoms with van der Waals surface area (Å²) in [6, 6.07) is 0.0379. The van der Waals surface area contributed by atoms with Gasteiger partial charge in [0.2, 0.25) is 0 Å². The van der Waals surface area contributed by atoms with E-state index in [2.05, 4.69) is 34.2 Å². The number of rotatable bonds is 5. The zero-order valence-electron chi connectivity index (χ0n) is 17.0. The molecule has 3 heterocycles. The zero-order valence-corrected chi connectivity index (χ0v) is 17.0. The van der Waals surface area contributed by atoms with Crippen LogP contribution in [0, 0.1) is 5.41 Å². The van der Waals surface area contributed by atoms with Gasteiger partial charge >= 0.3 is 0 Å². The van der Waals surface area contributed by atoms with Crippen molar-refractivity contribution in [3.8, 4) is 5.82 Å². The molecule has 1 saturated heterocycles. The molecule has 1 atom stereocenters. The molecule has 29 heavy (non-hydrogen) atoms. The molecule has 0 saturated carbocycles. The summed E-state index contributed by atoms with van der Waals surface area (Å²) in [5, 5.41) is 7.89. The van der Waals surface area contributed by atoms with Crippen LogP contribution in [-0.4, -0.2) is 50.7 Å². The third-order valence-electron chi connectivity index (χ3n) is 5.43. The molecule has 3 N–H and O–H groups in total. The maximum atomic E-state index is 12.8. The minimum absolute atomic E-state index is 0.0379. The molecule has 1 amide bonds. The van der Waals surface area contributed by atoms with Crippen molar-refractivity contribution in [2.75, 3.05) is 18.5 Å². The van der Waals surface area contributed by atoms with Crippen LogP contribution in [0.4, 0.5) is 5.82 Å². The molecule has 154 valence electrons. The van der Waals surface area contributed by atoms with Crippen LogP contribution in [0.2, 0.25) is 0 Å². The van der Waals surface area contributed by atoms with Gasteiger partial charge < -0.3 is 15.8 Å². The molecular weight excluding hydrogens is 372 g/mol. The minimum Gasteiger partial charge on any atom is -0.379 e. The molecule has 4 rings (SSSR count). The first-order chi connectivity index (χ1) is 13.8. The van der Waals surface area contributed by atoms with Gasteiger partial charge in [-0.15, -0.1) is 0 Å². The Balaban J connectivity index is 1.81. The summed E-state index contributed by atoms with van der Waals surface area (Å²) < 4.78 is 7.09. The molecule has 2 aliphatic rings. The third kappa shape index (κ3) is 3.62. The van der Waals surface area contributed by atoms with Crippen molar-refractivity contribution < 1.29 is 14.3 Å². The molecular formula is C20H26N6O3. The molecule has 0 spiro atoms. The number of carbonyl (C=O) groups is 2. The summed E-state index contributed by atoms with van der Waals surface area (Å²) in [6.45, 7) is 7.32. The minimum atomic E-state index is -0.654. The molecule has 0 bridgehead atoms. The van der Waals surface area contributed by atoms with Crippen LogP contribution in [0.5, 0.6) is 0 Å². The van der Waals surface area contributed by atoms with Gasteiger partial charge in [0.25, 0.3) is 5.91 Å². The number of nitrogens with one attached hydrogen (secondary N) is 1. The SMILES string of the molecule is CCc1nn(-c2cnc(C(N)=O)c(NC3CCOC3)n2)c2c1C(=O)CC(C)(C)C2. The van der Waals surface area contributed by atoms with Crippen molar-refractivity contribution in [3.05, 3.63) is 28.8 Å². The van der Waals surface area contributed by atoms with Gasteiger partial charge in [-0.3, -0.25) is 9.59 Å². The average molecular weight is 398 g/mol. The Bertz CT molecular complexity index is 975. The number of amides is 1. The van der Waals surface area contributed by atoms with E-state index in [9.17, 15) is 9.59 Å². The topological polar surface area (TPSA) is 125 Å². The Labute approximate surface area is 169 Å². The predicted octanol–water partition coefficient (Wildman–Crippen LogP) is 1.68. The van der Waals surface area contributed by atoms with E-state index >= 15 is 0 Å². The van der Waals surface area contributed by atoms with E-state index in [0.29, 0.717) is 49.7 Å². The summed E-state index contributed by atoms with van der Waals surface area (Å²) in [4.78, 5) is 33.5. The van der Waals surface area contributed by atoms with Crippen LogP contribution in [0.1, 0.15) is 65.8 Å². The quantitative estimate of drug-likeness (QED) is 0.785. The third-order valence-corrected chi connectivity index (χ3v) is 5.43. The fourth-order valence-electron chi connectivity index (χ4n) is 4.07. The smallest absolute Gasteiger partial charge is 0.271 e. The lowest BCUT2D eigenvalue weighted by Gasteiger charge is -2.29. The second-order valence-corrected chi connectivity index (χ2v) is 8.47. The fourth-order valence-corrected chi connectivity index (χ4v) is 4.07. The zero-order chi connectivity index (χ0) is 20.8. The van der Waals surface area contributed by atoms with Crippen molar-refractivity contribution >= 4 is 17.5 Å². The molecule has 9 heteroatoms. The van der Waals surface area contributed by atoms with Gasteiger partial charge in [-0.1, -0.05) is 20.8 Å². The highest BCUT2D eigenvalue weighted by molar-refractivity contribution is 6.00. The standard InChI is InChI=1S/C20H26N6O3/c1-4-12-16-13(7-20(2,3)8-14(16)27)26(25-12)15-9-22-17(18(21)28)19(24-15)23-11-5-6-29-10-11/h9,11H,4-8,10H2,1-3H3,(H2,21,28)(H,23,24). The van der Waals surface area contributed by atoms with Crippen molar-refractivity contribution in [1.29, 1.82) is 0 Å². The first kappa shape index (κ1) is 19.5. The Morgan fingerprint density at radius 3 is 2.86 bits per heavy atom. The highest BCUT2D eigenvalue weighted by atomic mass is 16.5. The number of aryl methyl sites for hydroxylation is 1. The molecule has 1 aliphatic carbocycles. The summed E-state index contributed by atoms with van der Waals surface area (Å²) >= 11 is 0. The summed E-state index contributed by atoms with van der Waals surface area (Å²) in [6.07, 6.45) is 4.15. The molecule has 2 aromatic rings. The Hall–Kier alpha value is -2.81. The van der Waals surface area contributed by atoms with Crippen LogP contribution in [0.3, 0.4) is 0 Å². The van der Waals surface area contributed by atoms with Crippen LogP contribution in [-0.2, 0) is 17.6 Å². The number of nitrogens with two attached hydrogens (primary N) is 1. The monoisotopic (exact) mass is 398 g/mol. The maximum Gasteiger partial charge on any atom is 0.271 e. The highest BCUT2D eigenvalue weighted by Crippen LogP contribution is 2.37. The van der Waals surface area contributed by atoms with E-state index in [1.165, 1.54) is 6.20 Å². The van der Waals surface area contributed by atoms with E-state index in [1.807, 2.05) is 6.92 Å². The van der Waals surface area contributed by atoms with E-state index < -0.39 is 5.91 Å². The predicted molar refractivity (Wildman–Crippen MR) is 106 cm³/mol. The first-order valence-corrected chi connectivity index (χ1v) is 9.94. The van der Waals surface area contributed by atoms with Gasteiger partial charge in [0.05, 0.1) is 35.8 Å². The van der Waals surface area contributed by atoms with E-state index in [-0.39, 0.29) is 22.9 Å². The van der Waals surface area contributed by atoms with Crippen LogP contribution in [0.15, 0.2) is 6.20 Å². The Morgan fingerprint density at radius 1 is 1.41 bits per heavy atom. The maximum absolute atomic E-state index is 12.8. The second-order valence-electron chi connectivity index (χ2n) is 8.47. The summed E-state index contributed by atoms with van der Waals surface area (Å²) in [5.41, 5.74) is 7.72. The highest BCUT2D eigenvalue weighted by Gasteiger charge is 2.36. The number of nitrogens with zero attached hydrogens (tertiary/aromatic N) is 4. The number of hydrogen-bond donors (Lipinski definition) is 2. The van der Waals surface area contributed by atoms with E-state index in [1.54, 1.807) is 4.68 Å².